The Morgan fingerprint density at radius 3 is 2.74 bits per heavy atom. The zero-order valence-electron chi connectivity index (χ0n) is 17.1. The van der Waals surface area contributed by atoms with Gasteiger partial charge in [0, 0.05) is 17.3 Å². The molecule has 4 heterocycles. The minimum absolute atomic E-state index is 0.176. The third-order valence-electron chi connectivity index (χ3n) is 5.45. The highest BCUT2D eigenvalue weighted by molar-refractivity contribution is 7.20. The van der Waals surface area contributed by atoms with Gasteiger partial charge in [-0.3, -0.25) is 15.0 Å². The van der Waals surface area contributed by atoms with Crippen LogP contribution in [0.5, 0.6) is 0 Å². The molecular formula is C22H22FN5OS2. The van der Waals surface area contributed by atoms with Gasteiger partial charge in [0.15, 0.2) is 5.13 Å². The van der Waals surface area contributed by atoms with E-state index in [0.717, 1.165) is 46.9 Å². The average Bonchev–Trinajstić information content (AvgIpc) is 3.47. The van der Waals surface area contributed by atoms with Gasteiger partial charge in [-0.25, -0.2) is 14.1 Å². The lowest BCUT2D eigenvalue weighted by Gasteiger charge is -2.25. The molecule has 0 unspecified atom stereocenters. The van der Waals surface area contributed by atoms with E-state index in [9.17, 15) is 9.18 Å². The number of halogens is 1. The Hall–Kier alpha value is -2.62. The number of nitrogens with zero attached hydrogens (tertiary/aromatic N) is 4. The Kier molecular flexibility index (Phi) is 5.56. The second-order valence-corrected chi connectivity index (χ2v) is 9.63. The molecule has 6 nitrogen and oxygen atoms in total. The molecule has 1 aliphatic rings. The van der Waals surface area contributed by atoms with Crippen LogP contribution in [-0.4, -0.2) is 38.7 Å². The topological polar surface area (TPSA) is 63.1 Å². The molecule has 4 aromatic rings. The van der Waals surface area contributed by atoms with Crippen molar-refractivity contribution < 1.29 is 9.18 Å². The molecule has 3 aromatic heterocycles. The number of carbonyl (C=O) groups is 1. The first kappa shape index (κ1) is 20.3. The zero-order valence-corrected chi connectivity index (χ0v) is 18.7. The summed E-state index contributed by atoms with van der Waals surface area (Å²) >= 11 is 2.83. The van der Waals surface area contributed by atoms with E-state index in [1.165, 1.54) is 54.1 Å². The molecule has 160 valence electrons. The van der Waals surface area contributed by atoms with Crippen LogP contribution in [-0.2, 0) is 6.54 Å². The van der Waals surface area contributed by atoms with E-state index in [0.29, 0.717) is 10.0 Å². The number of aromatic nitrogens is 3. The zero-order chi connectivity index (χ0) is 21.4. The second kappa shape index (κ2) is 8.49. The molecule has 0 atom stereocenters. The highest BCUT2D eigenvalue weighted by Gasteiger charge is 2.19. The van der Waals surface area contributed by atoms with Gasteiger partial charge in [-0.1, -0.05) is 6.42 Å². The summed E-state index contributed by atoms with van der Waals surface area (Å²) < 4.78 is 15.0. The maximum Gasteiger partial charge on any atom is 0.267 e. The summed E-state index contributed by atoms with van der Waals surface area (Å²) in [6.45, 7) is 4.98. The summed E-state index contributed by atoms with van der Waals surface area (Å²) in [5.74, 6) is -0.469. The second-order valence-electron chi connectivity index (χ2n) is 7.74. The Morgan fingerprint density at radius 1 is 1.19 bits per heavy atom. The van der Waals surface area contributed by atoms with Crippen LogP contribution in [0.25, 0.3) is 15.9 Å². The number of nitrogens with one attached hydrogen (secondary N) is 1. The molecule has 1 fully saturated rings. The van der Waals surface area contributed by atoms with E-state index in [1.54, 1.807) is 16.8 Å². The first-order chi connectivity index (χ1) is 15.1. The molecule has 1 N–H and O–H groups in total. The maximum absolute atomic E-state index is 13.3. The van der Waals surface area contributed by atoms with Gasteiger partial charge in [-0.2, -0.15) is 5.10 Å². The van der Waals surface area contributed by atoms with Crippen molar-refractivity contribution in [1.29, 1.82) is 0 Å². The number of piperidine rings is 1. The summed E-state index contributed by atoms with van der Waals surface area (Å²) in [5.41, 5.74) is 2.59. The van der Waals surface area contributed by atoms with Crippen LogP contribution in [0.3, 0.4) is 0 Å². The van der Waals surface area contributed by atoms with E-state index in [4.69, 9.17) is 0 Å². The number of thiazole rings is 1. The van der Waals surface area contributed by atoms with Crippen LogP contribution in [0.2, 0.25) is 0 Å². The number of hydrogen-bond donors (Lipinski definition) is 1. The molecule has 9 heteroatoms. The van der Waals surface area contributed by atoms with Crippen molar-refractivity contribution >= 4 is 43.9 Å². The van der Waals surface area contributed by atoms with Crippen molar-refractivity contribution in [3.63, 3.8) is 0 Å². The van der Waals surface area contributed by atoms with Crippen molar-refractivity contribution in [1.82, 2.24) is 19.7 Å². The minimum atomic E-state index is -0.293. The number of fused-ring (bicyclic) bond motifs is 1. The van der Waals surface area contributed by atoms with E-state index in [-0.39, 0.29) is 11.7 Å². The van der Waals surface area contributed by atoms with Crippen LogP contribution >= 0.6 is 22.7 Å². The molecule has 1 amide bonds. The standard InChI is InChI=1S/C22H22FN5OS2/c1-14-18-11-19(31-21(18)28(26-14)17-7-5-15(23)6-8-17)20(29)25-22-24-16(13-30-22)12-27-9-3-2-4-10-27/h5-8,11,13H,2-4,9-10,12H2,1H3,(H,24,25,29). The number of rotatable bonds is 5. The van der Waals surface area contributed by atoms with Crippen molar-refractivity contribution in [2.24, 2.45) is 0 Å². The molecule has 0 aliphatic carbocycles. The fourth-order valence-electron chi connectivity index (χ4n) is 3.86. The minimum Gasteiger partial charge on any atom is -0.297 e. The first-order valence-corrected chi connectivity index (χ1v) is 12.0. The van der Waals surface area contributed by atoms with Crippen LogP contribution < -0.4 is 5.32 Å². The lowest BCUT2D eigenvalue weighted by Crippen LogP contribution is -2.29. The Labute approximate surface area is 187 Å². The summed E-state index contributed by atoms with van der Waals surface area (Å²) in [6, 6.07) is 8.03. The molecule has 1 aromatic carbocycles. The molecule has 31 heavy (non-hydrogen) atoms. The molecule has 1 aliphatic heterocycles. The Balaban J connectivity index is 1.33. The van der Waals surface area contributed by atoms with Crippen LogP contribution in [0.1, 0.15) is 40.3 Å². The van der Waals surface area contributed by atoms with Crippen molar-refractivity contribution in [3.8, 4) is 5.69 Å². The third-order valence-corrected chi connectivity index (χ3v) is 7.36. The van der Waals surface area contributed by atoms with Crippen LogP contribution in [0, 0.1) is 12.7 Å². The third kappa shape index (κ3) is 4.26. The molecule has 0 saturated carbocycles. The molecule has 0 spiro atoms. The van der Waals surface area contributed by atoms with Crippen molar-refractivity contribution in [2.75, 3.05) is 18.4 Å². The number of benzene rings is 1. The fraction of sp³-hybridized carbons (Fsp3) is 0.318. The lowest BCUT2D eigenvalue weighted by atomic mass is 10.1. The number of likely N-dealkylation sites (tertiary alicyclic amines) is 1. The summed E-state index contributed by atoms with van der Waals surface area (Å²) in [5, 5.41) is 11.0. The smallest absolute Gasteiger partial charge is 0.267 e. The molecule has 5 rings (SSSR count). The Bertz CT molecular complexity index is 1220. The number of anilines is 1. The number of carbonyl (C=O) groups excluding carboxylic acids is 1. The maximum atomic E-state index is 13.3. The highest BCUT2D eigenvalue weighted by Crippen LogP contribution is 2.31. The van der Waals surface area contributed by atoms with Gasteiger partial charge in [0.2, 0.25) is 0 Å². The number of hydrogen-bond acceptors (Lipinski definition) is 6. The van der Waals surface area contributed by atoms with Gasteiger partial charge in [0.25, 0.3) is 5.91 Å². The summed E-state index contributed by atoms with van der Waals surface area (Å²) in [7, 11) is 0. The van der Waals surface area contributed by atoms with Gasteiger partial charge in [-0.05, 0) is 63.2 Å². The highest BCUT2D eigenvalue weighted by atomic mass is 32.1. The molecule has 0 bridgehead atoms. The van der Waals surface area contributed by atoms with Gasteiger partial charge < -0.3 is 0 Å². The predicted octanol–water partition coefficient (Wildman–Crippen LogP) is 5.23. The van der Waals surface area contributed by atoms with E-state index >= 15 is 0 Å². The van der Waals surface area contributed by atoms with E-state index in [1.807, 2.05) is 18.4 Å². The summed E-state index contributed by atoms with van der Waals surface area (Å²) in [6.07, 6.45) is 3.80. The number of aryl methyl sites for hydroxylation is 1. The lowest BCUT2D eigenvalue weighted by molar-refractivity contribution is 0.103. The fourth-order valence-corrected chi connectivity index (χ4v) is 5.63. The number of amides is 1. The summed E-state index contributed by atoms with van der Waals surface area (Å²) in [4.78, 5) is 21.3. The number of thiophene rings is 1. The van der Waals surface area contributed by atoms with Gasteiger partial charge in [0.1, 0.15) is 10.6 Å². The van der Waals surface area contributed by atoms with Crippen molar-refractivity contribution in [3.05, 3.63) is 57.8 Å². The van der Waals surface area contributed by atoms with Gasteiger partial charge in [0.05, 0.1) is 22.0 Å². The SMILES string of the molecule is Cc1nn(-c2ccc(F)cc2)c2sc(C(=O)Nc3nc(CN4CCCCC4)cs3)cc12. The monoisotopic (exact) mass is 455 g/mol. The quantitative estimate of drug-likeness (QED) is 0.448. The van der Waals surface area contributed by atoms with Crippen LogP contribution in [0.4, 0.5) is 9.52 Å². The average molecular weight is 456 g/mol. The molecule has 1 saturated heterocycles. The van der Waals surface area contributed by atoms with E-state index in [2.05, 4.69) is 20.3 Å². The van der Waals surface area contributed by atoms with Gasteiger partial charge >= 0.3 is 0 Å². The van der Waals surface area contributed by atoms with E-state index < -0.39 is 0 Å². The molecular weight excluding hydrogens is 433 g/mol. The van der Waals surface area contributed by atoms with Gasteiger partial charge in [-0.15, -0.1) is 22.7 Å². The largest absolute Gasteiger partial charge is 0.297 e. The van der Waals surface area contributed by atoms with Crippen molar-refractivity contribution in [2.45, 2.75) is 32.7 Å². The first-order valence-electron chi connectivity index (χ1n) is 10.3. The predicted molar refractivity (Wildman–Crippen MR) is 123 cm³/mol. The van der Waals surface area contributed by atoms with Crippen LogP contribution in [0.15, 0.2) is 35.7 Å². The molecule has 0 radical (unpaired) electrons. The Morgan fingerprint density at radius 2 is 1.97 bits per heavy atom. The normalized spacial score (nSPS) is 14.9.